The summed E-state index contributed by atoms with van der Waals surface area (Å²) in [6.07, 6.45) is -0.0271. The molecule has 1 fully saturated rings. The molecule has 0 saturated carbocycles. The van der Waals surface area contributed by atoms with E-state index < -0.39 is 0 Å². The van der Waals surface area contributed by atoms with Gasteiger partial charge in [-0.2, -0.15) is 0 Å². The van der Waals surface area contributed by atoms with Crippen LogP contribution in [0.5, 0.6) is 0 Å². The van der Waals surface area contributed by atoms with E-state index in [-0.39, 0.29) is 12.0 Å². The fraction of sp³-hybridized carbons (Fsp3) is 0.273. The lowest BCUT2D eigenvalue weighted by atomic mass is 10.1. The summed E-state index contributed by atoms with van der Waals surface area (Å²) in [5.74, 6) is -0.0851. The number of benzene rings is 2. The van der Waals surface area contributed by atoms with Gasteiger partial charge in [0.05, 0.1) is 24.9 Å². The van der Waals surface area contributed by atoms with Gasteiger partial charge in [0.2, 0.25) is 0 Å². The Morgan fingerprint density at radius 3 is 2.83 bits per heavy atom. The van der Waals surface area contributed by atoms with Gasteiger partial charge in [-0.05, 0) is 18.2 Å². The number of morpholine rings is 1. The quantitative estimate of drug-likeness (QED) is 0.637. The highest BCUT2D eigenvalue weighted by molar-refractivity contribution is 7.09. The molecule has 1 aliphatic rings. The maximum absolute atomic E-state index is 12.2. The summed E-state index contributed by atoms with van der Waals surface area (Å²) >= 11 is 7.90. The molecule has 7 heteroatoms. The minimum atomic E-state index is -0.0851. The molecule has 1 aliphatic heterocycles. The van der Waals surface area contributed by atoms with Crippen LogP contribution in [0.3, 0.4) is 0 Å². The Balaban J connectivity index is 1.32. The van der Waals surface area contributed by atoms with Crippen molar-refractivity contribution in [3.8, 4) is 0 Å². The third kappa shape index (κ3) is 5.22. The molecule has 0 radical (unpaired) electrons. The highest BCUT2D eigenvalue weighted by Gasteiger charge is 2.24. The maximum Gasteiger partial charge on any atom is 0.251 e. The van der Waals surface area contributed by atoms with Crippen LogP contribution < -0.4 is 5.32 Å². The summed E-state index contributed by atoms with van der Waals surface area (Å²) in [5.41, 5.74) is 2.70. The average molecular weight is 428 g/mol. The van der Waals surface area contributed by atoms with Crippen LogP contribution in [0.4, 0.5) is 0 Å². The molecule has 3 aromatic rings. The largest absolute Gasteiger partial charge is 0.371 e. The van der Waals surface area contributed by atoms with Crippen molar-refractivity contribution in [1.82, 2.24) is 15.2 Å². The van der Waals surface area contributed by atoms with Crippen molar-refractivity contribution in [2.24, 2.45) is 0 Å². The van der Waals surface area contributed by atoms with E-state index >= 15 is 0 Å². The van der Waals surface area contributed by atoms with Gasteiger partial charge in [-0.1, -0.05) is 48.0 Å². The number of nitrogens with one attached hydrogen (secondary N) is 1. The van der Waals surface area contributed by atoms with Crippen molar-refractivity contribution in [3.63, 3.8) is 0 Å². The smallest absolute Gasteiger partial charge is 0.251 e. The number of ether oxygens (including phenoxy) is 1. The third-order valence-corrected chi connectivity index (χ3v) is 6.07. The summed E-state index contributed by atoms with van der Waals surface area (Å²) in [5, 5.41) is 6.63. The normalized spacial score (nSPS) is 17.2. The summed E-state index contributed by atoms with van der Waals surface area (Å²) in [4.78, 5) is 19.2. The van der Waals surface area contributed by atoms with Crippen molar-refractivity contribution in [3.05, 3.63) is 86.8 Å². The number of hydrogen-bond donors (Lipinski definition) is 1. The zero-order chi connectivity index (χ0) is 20.1. The minimum absolute atomic E-state index is 0.0271. The molecule has 1 saturated heterocycles. The van der Waals surface area contributed by atoms with Crippen LogP contribution in [-0.2, 0) is 17.8 Å². The van der Waals surface area contributed by atoms with Gasteiger partial charge in [0.25, 0.3) is 5.91 Å². The van der Waals surface area contributed by atoms with E-state index in [1.807, 2.05) is 42.5 Å². The van der Waals surface area contributed by atoms with Crippen molar-refractivity contribution in [2.45, 2.75) is 19.2 Å². The second-order valence-corrected chi connectivity index (χ2v) is 8.25. The van der Waals surface area contributed by atoms with Crippen LogP contribution in [0.2, 0.25) is 5.02 Å². The predicted molar refractivity (Wildman–Crippen MR) is 115 cm³/mol. The summed E-state index contributed by atoms with van der Waals surface area (Å²) < 4.78 is 5.93. The van der Waals surface area contributed by atoms with Gasteiger partial charge in [-0.25, -0.2) is 4.98 Å². The van der Waals surface area contributed by atoms with Crippen LogP contribution in [0.15, 0.2) is 60.0 Å². The fourth-order valence-corrected chi connectivity index (χ4v) is 4.33. The summed E-state index contributed by atoms with van der Waals surface area (Å²) in [7, 11) is 0. The first kappa shape index (κ1) is 20.0. The molecule has 0 bridgehead atoms. The fourth-order valence-electron chi connectivity index (χ4n) is 3.35. The van der Waals surface area contributed by atoms with Gasteiger partial charge in [0, 0.05) is 41.2 Å². The molecule has 1 amide bonds. The SMILES string of the molecule is O=C(NCc1nc(CN2CCOC(c3ccccc3Cl)C2)cs1)c1ccccc1. The third-order valence-electron chi connectivity index (χ3n) is 4.82. The first-order valence-corrected chi connectivity index (χ1v) is 10.8. The number of hydrogen-bond acceptors (Lipinski definition) is 5. The number of thiazole rings is 1. The van der Waals surface area contributed by atoms with Gasteiger partial charge in [-0.3, -0.25) is 9.69 Å². The molecule has 1 N–H and O–H groups in total. The molecule has 150 valence electrons. The van der Waals surface area contributed by atoms with Crippen molar-refractivity contribution < 1.29 is 9.53 Å². The predicted octanol–water partition coefficient (Wildman–Crippen LogP) is 4.30. The Morgan fingerprint density at radius 2 is 2.00 bits per heavy atom. The number of nitrogens with zero attached hydrogens (tertiary/aromatic N) is 2. The highest BCUT2D eigenvalue weighted by Crippen LogP contribution is 2.28. The maximum atomic E-state index is 12.2. The molecule has 2 heterocycles. The van der Waals surface area contributed by atoms with Crippen LogP contribution in [0.1, 0.15) is 32.7 Å². The first-order valence-electron chi connectivity index (χ1n) is 9.54. The zero-order valence-corrected chi connectivity index (χ0v) is 17.5. The van der Waals surface area contributed by atoms with Gasteiger partial charge in [-0.15, -0.1) is 11.3 Å². The van der Waals surface area contributed by atoms with Crippen LogP contribution in [-0.4, -0.2) is 35.5 Å². The zero-order valence-electron chi connectivity index (χ0n) is 15.9. The number of amides is 1. The molecule has 29 heavy (non-hydrogen) atoms. The van der Waals surface area contributed by atoms with Crippen LogP contribution in [0.25, 0.3) is 0 Å². The molecule has 0 aliphatic carbocycles. The van der Waals surface area contributed by atoms with Crippen molar-refractivity contribution in [2.75, 3.05) is 19.7 Å². The Hall–Kier alpha value is -2.25. The molecular weight excluding hydrogens is 406 g/mol. The molecule has 5 nitrogen and oxygen atoms in total. The molecule has 1 atom stereocenters. The van der Waals surface area contributed by atoms with E-state index in [2.05, 4.69) is 20.6 Å². The highest BCUT2D eigenvalue weighted by atomic mass is 35.5. The van der Waals surface area contributed by atoms with Gasteiger partial charge >= 0.3 is 0 Å². The van der Waals surface area contributed by atoms with E-state index in [0.29, 0.717) is 18.7 Å². The van der Waals surface area contributed by atoms with E-state index in [4.69, 9.17) is 16.3 Å². The molecule has 4 rings (SSSR count). The standard InChI is InChI=1S/C22H22ClN3O2S/c23-19-9-5-4-8-18(19)20-14-26(10-11-28-20)13-17-15-29-21(25-17)12-24-22(27)16-6-2-1-3-7-16/h1-9,15,20H,10-14H2,(H,24,27). The number of halogens is 1. The summed E-state index contributed by atoms with van der Waals surface area (Å²) in [6.45, 7) is 3.50. The summed E-state index contributed by atoms with van der Waals surface area (Å²) in [6, 6.07) is 17.0. The van der Waals surface area contributed by atoms with Crippen LogP contribution in [0, 0.1) is 0 Å². The molecule has 1 unspecified atom stereocenters. The number of rotatable bonds is 6. The Bertz CT molecular complexity index is 963. The first-order chi connectivity index (χ1) is 14.2. The molecule has 2 aromatic carbocycles. The van der Waals surface area contributed by atoms with E-state index in [9.17, 15) is 4.79 Å². The van der Waals surface area contributed by atoms with Gasteiger partial charge in [0.1, 0.15) is 5.01 Å². The Morgan fingerprint density at radius 1 is 1.21 bits per heavy atom. The topological polar surface area (TPSA) is 54.5 Å². The minimum Gasteiger partial charge on any atom is -0.371 e. The lowest BCUT2D eigenvalue weighted by Gasteiger charge is -2.33. The molecular formula is C22H22ClN3O2S. The number of carbonyl (C=O) groups is 1. The van der Waals surface area contributed by atoms with E-state index in [1.165, 1.54) is 0 Å². The second kappa shape index (κ2) is 9.50. The van der Waals surface area contributed by atoms with E-state index in [1.54, 1.807) is 23.5 Å². The monoisotopic (exact) mass is 427 g/mol. The van der Waals surface area contributed by atoms with Crippen molar-refractivity contribution >= 4 is 28.8 Å². The second-order valence-electron chi connectivity index (χ2n) is 6.90. The number of carbonyl (C=O) groups excluding carboxylic acids is 1. The van der Waals surface area contributed by atoms with Gasteiger partial charge < -0.3 is 10.1 Å². The van der Waals surface area contributed by atoms with Crippen molar-refractivity contribution in [1.29, 1.82) is 0 Å². The molecule has 1 aromatic heterocycles. The molecule has 0 spiro atoms. The Labute approximate surface area is 179 Å². The Kier molecular flexibility index (Phi) is 6.56. The van der Waals surface area contributed by atoms with Crippen LogP contribution >= 0.6 is 22.9 Å². The average Bonchev–Trinajstić information content (AvgIpc) is 3.20. The van der Waals surface area contributed by atoms with Gasteiger partial charge in [0.15, 0.2) is 0 Å². The lowest BCUT2D eigenvalue weighted by molar-refractivity contribution is -0.0331. The lowest BCUT2D eigenvalue weighted by Crippen LogP contribution is -2.38. The van der Waals surface area contributed by atoms with E-state index in [0.717, 1.165) is 40.9 Å². The number of aromatic nitrogens is 1.